The quantitative estimate of drug-likeness (QED) is 0.356. The average molecular weight is 318 g/mol. The van der Waals surface area contributed by atoms with E-state index in [1.54, 1.807) is 7.05 Å². The minimum Gasteiger partial charge on any atom is -0.341 e. The normalized spacial score (nSPS) is 34.1. The van der Waals surface area contributed by atoms with Gasteiger partial charge in [0.2, 0.25) is 4.93 Å². The molecule has 1 aliphatic heterocycles. The van der Waals surface area contributed by atoms with Crippen LogP contribution in [0.5, 0.6) is 0 Å². The van der Waals surface area contributed by atoms with Crippen molar-refractivity contribution in [1.29, 1.82) is 0 Å². The van der Waals surface area contributed by atoms with Gasteiger partial charge < -0.3 is 9.64 Å². The van der Waals surface area contributed by atoms with Crippen molar-refractivity contribution < 1.29 is 19.1 Å². The lowest BCUT2D eigenvalue weighted by Gasteiger charge is -2.36. The van der Waals surface area contributed by atoms with Gasteiger partial charge in [-0.25, -0.2) is 0 Å². The first kappa shape index (κ1) is 15.5. The fourth-order valence-corrected chi connectivity index (χ4v) is 2.79. The molecule has 1 saturated heterocycles. The third-order valence-corrected chi connectivity index (χ3v) is 4.50. The summed E-state index contributed by atoms with van der Waals surface area (Å²) in [6, 6.07) is -0.143. The highest BCUT2D eigenvalue weighted by atomic mass is 35.5. The van der Waals surface area contributed by atoms with Gasteiger partial charge in [0, 0.05) is 13.1 Å². The van der Waals surface area contributed by atoms with Gasteiger partial charge in [0.25, 0.3) is 5.91 Å². The second-order valence-corrected chi connectivity index (χ2v) is 6.22. The first-order chi connectivity index (χ1) is 9.34. The average Bonchev–Trinajstić information content (AvgIpc) is 2.42. The Hall–Kier alpha value is -0.850. The largest absolute Gasteiger partial charge is 0.341 e. The molecule has 0 aromatic heterocycles. The number of allylic oxidation sites excluding steroid dienone is 1. The van der Waals surface area contributed by atoms with Gasteiger partial charge in [-0.3, -0.25) is 14.4 Å². The number of ether oxygens (including phenoxy) is 1. The van der Waals surface area contributed by atoms with E-state index in [9.17, 15) is 14.4 Å². The molecule has 2 aliphatic rings. The van der Waals surface area contributed by atoms with Gasteiger partial charge in [-0.15, -0.1) is 24.2 Å². The molecule has 2 rings (SSSR count). The van der Waals surface area contributed by atoms with Crippen molar-refractivity contribution >= 4 is 41.7 Å². The van der Waals surface area contributed by atoms with E-state index in [2.05, 4.69) is 12.6 Å². The van der Waals surface area contributed by atoms with Crippen LogP contribution in [-0.4, -0.2) is 52.4 Å². The maximum Gasteiger partial charge on any atom is 0.273 e. The number of alkyl halides is 1. The summed E-state index contributed by atoms with van der Waals surface area (Å²) >= 11 is 10.1. The van der Waals surface area contributed by atoms with Crippen LogP contribution >= 0.6 is 24.2 Å². The number of thiol groups is 1. The Kier molecular flexibility index (Phi) is 4.56. The Balaban J connectivity index is 2.12. The summed E-state index contributed by atoms with van der Waals surface area (Å²) in [6.07, 6.45) is 4.83. The summed E-state index contributed by atoms with van der Waals surface area (Å²) in [7, 11) is 1.59. The number of nitrogens with zero attached hydrogens (tertiary/aromatic N) is 1. The third kappa shape index (κ3) is 2.92. The molecule has 3 atom stereocenters. The number of hydrogen-bond donors (Lipinski definition) is 1. The summed E-state index contributed by atoms with van der Waals surface area (Å²) in [5.74, 6) is -1.48. The standard InChI is InChI=1S/C13H16ClNO4S/c1-15(9-4-2-8(14)3-5-9)12(18)13(20)11(17)6-10(16)7-19-13/h2,4,8-9,20H,3,5-7H2,1H3. The van der Waals surface area contributed by atoms with Gasteiger partial charge >= 0.3 is 0 Å². The number of hydrogen-bond acceptors (Lipinski definition) is 5. The number of Topliss-reactive ketones (excluding diaryl/α,β-unsaturated/α-hetero) is 2. The van der Waals surface area contributed by atoms with Gasteiger partial charge in [0.15, 0.2) is 11.6 Å². The molecule has 3 unspecified atom stereocenters. The molecular formula is C13H16ClNO4S. The fourth-order valence-electron chi connectivity index (χ4n) is 2.28. The lowest BCUT2D eigenvalue weighted by molar-refractivity contribution is -0.162. The van der Waals surface area contributed by atoms with E-state index < -0.39 is 16.6 Å². The van der Waals surface area contributed by atoms with Crippen molar-refractivity contribution in [3.63, 3.8) is 0 Å². The smallest absolute Gasteiger partial charge is 0.273 e. The van der Waals surface area contributed by atoms with Crippen LogP contribution in [0.15, 0.2) is 12.2 Å². The summed E-state index contributed by atoms with van der Waals surface area (Å²) < 4.78 is 5.11. The molecule has 1 amide bonds. The van der Waals surface area contributed by atoms with Gasteiger partial charge in [-0.1, -0.05) is 12.2 Å². The fraction of sp³-hybridized carbons (Fsp3) is 0.615. The first-order valence-corrected chi connectivity index (χ1v) is 7.24. The van der Waals surface area contributed by atoms with Gasteiger partial charge in [0.05, 0.1) is 11.8 Å². The minimum absolute atomic E-state index is 0.0232. The highest BCUT2D eigenvalue weighted by Gasteiger charge is 2.49. The van der Waals surface area contributed by atoms with E-state index >= 15 is 0 Å². The predicted molar refractivity (Wildman–Crippen MR) is 76.9 cm³/mol. The van der Waals surface area contributed by atoms with Crippen LogP contribution in [0.4, 0.5) is 0 Å². The van der Waals surface area contributed by atoms with Crippen LogP contribution in [0.2, 0.25) is 0 Å². The van der Waals surface area contributed by atoms with Gasteiger partial charge in [0.1, 0.15) is 6.61 Å². The molecule has 20 heavy (non-hydrogen) atoms. The van der Waals surface area contributed by atoms with E-state index in [1.165, 1.54) is 4.90 Å². The molecular weight excluding hydrogens is 302 g/mol. The molecule has 0 saturated carbocycles. The number of halogens is 1. The van der Waals surface area contributed by atoms with E-state index in [1.807, 2.05) is 12.2 Å². The molecule has 0 radical (unpaired) electrons. The monoisotopic (exact) mass is 317 g/mol. The molecule has 0 N–H and O–H groups in total. The number of carbonyl (C=O) groups is 3. The lowest BCUT2D eigenvalue weighted by Crippen LogP contribution is -2.56. The van der Waals surface area contributed by atoms with Crippen molar-refractivity contribution in [1.82, 2.24) is 4.90 Å². The Labute approximate surface area is 127 Å². The third-order valence-electron chi connectivity index (χ3n) is 3.57. The SMILES string of the molecule is CN(C(=O)C1(S)OCC(=O)CC1=O)C1C=CC(Cl)CC1. The molecule has 110 valence electrons. The van der Waals surface area contributed by atoms with Crippen molar-refractivity contribution in [2.24, 2.45) is 0 Å². The van der Waals surface area contributed by atoms with Crippen LogP contribution in [0.3, 0.4) is 0 Å². The molecule has 1 aliphatic carbocycles. The van der Waals surface area contributed by atoms with Crippen molar-refractivity contribution in [2.45, 2.75) is 35.6 Å². The number of rotatable bonds is 2. The van der Waals surface area contributed by atoms with Crippen molar-refractivity contribution in [3.8, 4) is 0 Å². The van der Waals surface area contributed by atoms with Crippen LogP contribution < -0.4 is 0 Å². The summed E-state index contributed by atoms with van der Waals surface area (Å²) in [6.45, 7) is -0.265. The molecule has 0 aromatic rings. The van der Waals surface area contributed by atoms with Crippen LogP contribution in [0.25, 0.3) is 0 Å². The van der Waals surface area contributed by atoms with Crippen LogP contribution in [0.1, 0.15) is 19.3 Å². The van der Waals surface area contributed by atoms with Crippen LogP contribution in [0, 0.1) is 0 Å². The predicted octanol–water partition coefficient (Wildman–Crippen LogP) is 0.955. The Morgan fingerprint density at radius 1 is 1.45 bits per heavy atom. The van der Waals surface area contributed by atoms with Crippen molar-refractivity contribution in [3.05, 3.63) is 12.2 Å². The highest BCUT2D eigenvalue weighted by molar-refractivity contribution is 7.83. The Morgan fingerprint density at radius 2 is 2.15 bits per heavy atom. The van der Waals surface area contributed by atoms with E-state index in [0.29, 0.717) is 6.42 Å². The van der Waals surface area contributed by atoms with E-state index in [4.69, 9.17) is 16.3 Å². The van der Waals surface area contributed by atoms with Gasteiger partial charge in [-0.05, 0) is 12.8 Å². The number of carbonyl (C=O) groups excluding carboxylic acids is 3. The zero-order valence-electron chi connectivity index (χ0n) is 11.0. The Morgan fingerprint density at radius 3 is 2.70 bits per heavy atom. The molecule has 7 heteroatoms. The maximum atomic E-state index is 12.4. The number of amides is 1. The van der Waals surface area contributed by atoms with Crippen molar-refractivity contribution in [2.75, 3.05) is 13.7 Å². The highest BCUT2D eigenvalue weighted by Crippen LogP contribution is 2.29. The molecule has 0 aromatic carbocycles. The Bertz CT molecular complexity index is 481. The van der Waals surface area contributed by atoms with E-state index in [0.717, 1.165) is 6.42 Å². The summed E-state index contributed by atoms with van der Waals surface area (Å²) in [5.41, 5.74) is 0. The lowest BCUT2D eigenvalue weighted by atomic mass is 9.99. The number of ketones is 2. The number of likely N-dealkylation sites (N-methyl/N-ethyl adjacent to an activating group) is 1. The maximum absolute atomic E-state index is 12.4. The molecule has 5 nitrogen and oxygen atoms in total. The first-order valence-electron chi connectivity index (χ1n) is 6.35. The molecule has 0 bridgehead atoms. The zero-order chi connectivity index (χ0) is 14.9. The molecule has 1 fully saturated rings. The molecule has 0 spiro atoms. The van der Waals surface area contributed by atoms with Gasteiger partial charge in [-0.2, -0.15) is 0 Å². The molecule has 1 heterocycles. The minimum atomic E-state index is -1.85. The zero-order valence-corrected chi connectivity index (χ0v) is 12.7. The van der Waals surface area contributed by atoms with E-state index in [-0.39, 0.29) is 30.2 Å². The second kappa shape index (κ2) is 5.87. The van der Waals surface area contributed by atoms with Crippen LogP contribution in [-0.2, 0) is 19.1 Å². The summed E-state index contributed by atoms with van der Waals surface area (Å²) in [5, 5.41) is -0.0232. The topological polar surface area (TPSA) is 63.7 Å². The second-order valence-electron chi connectivity index (χ2n) is 5.03. The summed E-state index contributed by atoms with van der Waals surface area (Å²) in [4.78, 5) is 35.1.